The first-order valence-electron chi connectivity index (χ1n) is 8.48. The number of amides is 1. The van der Waals surface area contributed by atoms with Crippen molar-refractivity contribution in [1.29, 1.82) is 0 Å². The second-order valence-electron chi connectivity index (χ2n) is 6.55. The van der Waals surface area contributed by atoms with Gasteiger partial charge < -0.3 is 14.9 Å². The van der Waals surface area contributed by atoms with Crippen LogP contribution in [-0.4, -0.2) is 68.8 Å². The molecule has 3 heterocycles. The molecule has 1 fully saturated rings. The molecule has 1 aliphatic heterocycles. The summed E-state index contributed by atoms with van der Waals surface area (Å²) >= 11 is 0. The van der Waals surface area contributed by atoms with Crippen LogP contribution in [0.2, 0.25) is 0 Å². The first kappa shape index (κ1) is 17.8. The summed E-state index contributed by atoms with van der Waals surface area (Å²) in [5.74, 6) is -0.289. The van der Waals surface area contributed by atoms with Crippen LogP contribution in [0.5, 0.6) is 0 Å². The third-order valence-electron chi connectivity index (χ3n) is 4.45. The lowest BCUT2D eigenvalue weighted by Gasteiger charge is -2.33. The number of carbonyl (C=O) groups is 2. The molecule has 1 amide bonds. The van der Waals surface area contributed by atoms with E-state index in [1.807, 2.05) is 6.07 Å². The van der Waals surface area contributed by atoms with Crippen molar-refractivity contribution in [3.8, 4) is 0 Å². The fourth-order valence-corrected chi connectivity index (χ4v) is 3.22. The first-order valence-corrected chi connectivity index (χ1v) is 8.48. The van der Waals surface area contributed by atoms with Crippen LogP contribution >= 0.6 is 0 Å². The van der Waals surface area contributed by atoms with Crippen molar-refractivity contribution in [2.24, 2.45) is 0 Å². The van der Waals surface area contributed by atoms with E-state index in [-0.39, 0.29) is 18.4 Å². The number of nitrogens with zero attached hydrogens (tertiary/aromatic N) is 6. The van der Waals surface area contributed by atoms with Gasteiger partial charge >= 0.3 is 5.97 Å². The quantitative estimate of drug-likeness (QED) is 0.844. The van der Waals surface area contributed by atoms with Crippen LogP contribution in [0.15, 0.2) is 24.7 Å². The molecule has 0 radical (unpaired) electrons. The van der Waals surface area contributed by atoms with E-state index < -0.39 is 5.97 Å². The van der Waals surface area contributed by atoms with Gasteiger partial charge in [-0.1, -0.05) is 0 Å². The molecule has 0 spiro atoms. The van der Waals surface area contributed by atoms with Crippen molar-refractivity contribution in [2.75, 3.05) is 32.1 Å². The molecule has 1 atom stereocenters. The van der Waals surface area contributed by atoms with Crippen LogP contribution < -0.4 is 4.90 Å². The second kappa shape index (κ2) is 7.51. The second-order valence-corrected chi connectivity index (χ2v) is 6.55. The summed E-state index contributed by atoms with van der Waals surface area (Å²) in [6.45, 7) is 1.35. The van der Waals surface area contributed by atoms with Crippen LogP contribution in [-0.2, 0) is 11.3 Å². The molecule has 0 bridgehead atoms. The summed E-state index contributed by atoms with van der Waals surface area (Å²) in [5, 5.41) is 13.2. The van der Waals surface area contributed by atoms with Crippen LogP contribution in [0.1, 0.15) is 34.9 Å². The van der Waals surface area contributed by atoms with Crippen molar-refractivity contribution < 1.29 is 14.7 Å². The number of aliphatic carboxylic acids is 1. The zero-order valence-corrected chi connectivity index (χ0v) is 14.9. The summed E-state index contributed by atoms with van der Waals surface area (Å²) in [7, 11) is 3.36. The molecule has 1 unspecified atom stereocenters. The van der Waals surface area contributed by atoms with Crippen LogP contribution in [0, 0.1) is 0 Å². The van der Waals surface area contributed by atoms with Gasteiger partial charge in [0.2, 0.25) is 0 Å². The van der Waals surface area contributed by atoms with Crippen LogP contribution in [0.4, 0.5) is 5.82 Å². The molecule has 1 N–H and O–H groups in total. The third kappa shape index (κ3) is 3.81. The number of aromatic nitrogens is 4. The lowest BCUT2D eigenvalue weighted by Crippen LogP contribution is -2.36. The monoisotopic (exact) mass is 358 g/mol. The highest BCUT2D eigenvalue weighted by Gasteiger charge is 2.26. The molecular weight excluding hydrogens is 336 g/mol. The van der Waals surface area contributed by atoms with Gasteiger partial charge in [-0.05, 0) is 18.9 Å². The molecule has 138 valence electrons. The SMILES string of the molecule is CN(C)C(=O)c1cncc(N2CCCC(c3ccnn3CC(=O)O)C2)n1. The molecule has 9 nitrogen and oxygen atoms in total. The minimum atomic E-state index is -0.914. The summed E-state index contributed by atoms with van der Waals surface area (Å²) in [6, 6.07) is 1.87. The molecule has 0 aromatic carbocycles. The van der Waals surface area contributed by atoms with Crippen LogP contribution in [0.3, 0.4) is 0 Å². The Morgan fingerprint density at radius 1 is 1.35 bits per heavy atom. The Morgan fingerprint density at radius 2 is 2.15 bits per heavy atom. The van der Waals surface area contributed by atoms with E-state index in [9.17, 15) is 9.59 Å². The van der Waals surface area contributed by atoms with Gasteiger partial charge in [0.15, 0.2) is 0 Å². The number of anilines is 1. The van der Waals surface area contributed by atoms with Gasteiger partial charge in [0.05, 0.1) is 12.4 Å². The van der Waals surface area contributed by atoms with Gasteiger partial charge in [0, 0.05) is 45.0 Å². The molecule has 0 saturated carbocycles. The van der Waals surface area contributed by atoms with Crippen molar-refractivity contribution in [1.82, 2.24) is 24.6 Å². The van der Waals surface area contributed by atoms with Gasteiger partial charge in [-0.25, -0.2) is 4.98 Å². The normalized spacial score (nSPS) is 17.2. The Labute approximate surface area is 151 Å². The molecule has 9 heteroatoms. The Morgan fingerprint density at radius 3 is 2.88 bits per heavy atom. The standard InChI is InChI=1S/C17H22N6O3/c1-21(2)17(26)13-8-18-9-15(20-13)22-7-3-4-12(10-22)14-5-6-19-23(14)11-16(24)25/h5-6,8-9,12H,3-4,7,10-11H2,1-2H3,(H,24,25). The van der Waals surface area contributed by atoms with Gasteiger partial charge in [0.1, 0.15) is 18.1 Å². The lowest BCUT2D eigenvalue weighted by atomic mass is 9.94. The predicted molar refractivity (Wildman–Crippen MR) is 94.1 cm³/mol. The molecule has 3 rings (SSSR count). The molecule has 2 aromatic heterocycles. The lowest BCUT2D eigenvalue weighted by molar-refractivity contribution is -0.137. The van der Waals surface area contributed by atoms with Gasteiger partial charge in [-0.3, -0.25) is 19.3 Å². The molecule has 0 aliphatic carbocycles. The van der Waals surface area contributed by atoms with Gasteiger partial charge in [0.25, 0.3) is 5.91 Å². The number of carboxylic acids is 1. The minimum absolute atomic E-state index is 0.147. The van der Waals surface area contributed by atoms with E-state index in [1.54, 1.807) is 26.5 Å². The molecule has 2 aromatic rings. The molecule has 1 saturated heterocycles. The van der Waals surface area contributed by atoms with E-state index in [1.165, 1.54) is 15.8 Å². The molecular formula is C17H22N6O3. The highest BCUT2D eigenvalue weighted by molar-refractivity contribution is 5.91. The van der Waals surface area contributed by atoms with E-state index in [4.69, 9.17) is 5.11 Å². The van der Waals surface area contributed by atoms with E-state index in [0.717, 1.165) is 25.1 Å². The summed E-state index contributed by atoms with van der Waals surface area (Å²) in [5.41, 5.74) is 1.22. The van der Waals surface area contributed by atoms with E-state index >= 15 is 0 Å². The average molecular weight is 358 g/mol. The number of hydrogen-bond donors (Lipinski definition) is 1. The summed E-state index contributed by atoms with van der Waals surface area (Å²) in [4.78, 5) is 35.3. The Balaban J connectivity index is 1.79. The fraction of sp³-hybridized carbons (Fsp3) is 0.471. The number of piperidine rings is 1. The molecule has 26 heavy (non-hydrogen) atoms. The minimum Gasteiger partial charge on any atom is -0.480 e. The highest BCUT2D eigenvalue weighted by Crippen LogP contribution is 2.29. The maximum Gasteiger partial charge on any atom is 0.325 e. The van der Waals surface area contributed by atoms with Crippen LogP contribution in [0.25, 0.3) is 0 Å². The number of carboxylic acid groups (broad SMARTS) is 1. The Kier molecular flexibility index (Phi) is 5.15. The largest absolute Gasteiger partial charge is 0.480 e. The fourth-order valence-electron chi connectivity index (χ4n) is 3.22. The number of rotatable bonds is 5. The van der Waals surface area contributed by atoms with Gasteiger partial charge in [-0.2, -0.15) is 5.10 Å². The Bertz CT molecular complexity index is 803. The zero-order valence-electron chi connectivity index (χ0n) is 14.9. The number of hydrogen-bond acceptors (Lipinski definition) is 6. The highest BCUT2D eigenvalue weighted by atomic mass is 16.4. The van der Waals surface area contributed by atoms with Crippen molar-refractivity contribution in [3.05, 3.63) is 36.0 Å². The average Bonchev–Trinajstić information content (AvgIpc) is 3.08. The molecule has 1 aliphatic rings. The van der Waals surface area contributed by atoms with E-state index in [2.05, 4.69) is 20.0 Å². The maximum absolute atomic E-state index is 12.1. The summed E-state index contributed by atoms with van der Waals surface area (Å²) in [6.07, 6.45) is 6.65. The number of carbonyl (C=O) groups excluding carboxylic acids is 1. The third-order valence-corrected chi connectivity index (χ3v) is 4.45. The van der Waals surface area contributed by atoms with Crippen molar-refractivity contribution >= 4 is 17.7 Å². The van der Waals surface area contributed by atoms with Crippen molar-refractivity contribution in [2.45, 2.75) is 25.3 Å². The smallest absolute Gasteiger partial charge is 0.325 e. The topological polar surface area (TPSA) is 104 Å². The van der Waals surface area contributed by atoms with Gasteiger partial charge in [-0.15, -0.1) is 0 Å². The van der Waals surface area contributed by atoms with Crippen molar-refractivity contribution in [3.63, 3.8) is 0 Å². The van der Waals surface area contributed by atoms with E-state index in [0.29, 0.717) is 18.1 Å². The first-order chi connectivity index (χ1) is 12.5. The predicted octanol–water partition coefficient (Wildman–Crippen LogP) is 0.843. The maximum atomic E-state index is 12.1. The Hall–Kier alpha value is -2.97. The summed E-state index contributed by atoms with van der Waals surface area (Å²) < 4.78 is 1.54. The zero-order chi connectivity index (χ0) is 18.7.